The molecular weight excluding hydrogens is 250 g/mol. The summed E-state index contributed by atoms with van der Waals surface area (Å²) < 4.78 is 10.9. The molecule has 0 saturated heterocycles. The van der Waals surface area contributed by atoms with Crippen LogP contribution in [0.1, 0.15) is 18.5 Å². The van der Waals surface area contributed by atoms with E-state index in [0.29, 0.717) is 6.61 Å². The van der Waals surface area contributed by atoms with E-state index in [4.69, 9.17) is 9.47 Å². The van der Waals surface area contributed by atoms with Crippen LogP contribution in [0.3, 0.4) is 0 Å². The van der Waals surface area contributed by atoms with Crippen molar-refractivity contribution in [2.75, 3.05) is 20.3 Å². The van der Waals surface area contributed by atoms with Crippen LogP contribution < -0.4 is 14.8 Å². The van der Waals surface area contributed by atoms with Crippen LogP contribution in [-0.2, 0) is 0 Å². The molecule has 0 aliphatic rings. The Morgan fingerprint density at radius 2 is 1.75 bits per heavy atom. The molecule has 0 saturated carbocycles. The fraction of sp³-hybridized carbons (Fsp3) is 0.294. The van der Waals surface area contributed by atoms with Crippen molar-refractivity contribution in [1.29, 1.82) is 0 Å². The molecule has 1 atom stereocenters. The predicted octanol–water partition coefficient (Wildman–Crippen LogP) is 3.42. The van der Waals surface area contributed by atoms with Gasteiger partial charge in [-0.1, -0.05) is 30.3 Å². The number of rotatable bonds is 7. The van der Waals surface area contributed by atoms with Gasteiger partial charge in [0, 0.05) is 12.6 Å². The number of hydrogen-bond acceptors (Lipinski definition) is 3. The minimum Gasteiger partial charge on any atom is -0.497 e. The van der Waals surface area contributed by atoms with Crippen LogP contribution in [0, 0.1) is 0 Å². The van der Waals surface area contributed by atoms with E-state index in [9.17, 15) is 0 Å². The Labute approximate surface area is 120 Å². The largest absolute Gasteiger partial charge is 0.497 e. The van der Waals surface area contributed by atoms with Crippen molar-refractivity contribution in [2.24, 2.45) is 0 Å². The molecule has 0 heterocycles. The molecule has 0 aliphatic heterocycles. The van der Waals surface area contributed by atoms with Gasteiger partial charge in [-0.15, -0.1) is 0 Å². The van der Waals surface area contributed by atoms with Gasteiger partial charge in [-0.05, 0) is 36.8 Å². The first-order chi connectivity index (χ1) is 9.79. The van der Waals surface area contributed by atoms with Crippen LogP contribution in [0.5, 0.6) is 11.5 Å². The van der Waals surface area contributed by atoms with Crippen LogP contribution in [0.25, 0.3) is 0 Å². The van der Waals surface area contributed by atoms with Crippen LogP contribution in [0.15, 0.2) is 54.6 Å². The minimum absolute atomic E-state index is 0.268. The number of benzene rings is 2. The van der Waals surface area contributed by atoms with Gasteiger partial charge in [0.1, 0.15) is 18.1 Å². The molecule has 0 aromatic heterocycles. The third-order valence-electron chi connectivity index (χ3n) is 3.16. The summed E-state index contributed by atoms with van der Waals surface area (Å²) in [4.78, 5) is 0. The lowest BCUT2D eigenvalue weighted by molar-refractivity contribution is 0.307. The van der Waals surface area contributed by atoms with E-state index in [2.05, 4.69) is 24.4 Å². The number of methoxy groups -OCH3 is 1. The highest BCUT2D eigenvalue weighted by atomic mass is 16.5. The Balaban J connectivity index is 1.76. The fourth-order valence-corrected chi connectivity index (χ4v) is 1.99. The Kier molecular flexibility index (Phi) is 5.44. The summed E-state index contributed by atoms with van der Waals surface area (Å²) in [5.74, 6) is 1.79. The SMILES string of the molecule is COc1cccc([C@H](C)NCCOc2ccccc2)c1. The highest BCUT2D eigenvalue weighted by Gasteiger charge is 2.05. The number of para-hydroxylation sites is 1. The van der Waals surface area contributed by atoms with E-state index >= 15 is 0 Å². The van der Waals surface area contributed by atoms with Crippen molar-refractivity contribution >= 4 is 0 Å². The molecule has 2 aromatic carbocycles. The first kappa shape index (κ1) is 14.4. The summed E-state index contributed by atoms with van der Waals surface area (Å²) in [6.45, 7) is 3.59. The van der Waals surface area contributed by atoms with Crippen LogP contribution in [0.2, 0.25) is 0 Å². The molecule has 0 fully saturated rings. The summed E-state index contributed by atoms with van der Waals surface area (Å²) in [5, 5.41) is 3.44. The second-order valence-electron chi connectivity index (χ2n) is 4.61. The number of ether oxygens (including phenoxy) is 2. The van der Waals surface area contributed by atoms with Crippen molar-refractivity contribution in [3.05, 3.63) is 60.2 Å². The second-order valence-corrected chi connectivity index (χ2v) is 4.61. The van der Waals surface area contributed by atoms with Gasteiger partial charge in [0.2, 0.25) is 0 Å². The van der Waals surface area contributed by atoms with E-state index < -0.39 is 0 Å². The fourth-order valence-electron chi connectivity index (χ4n) is 1.99. The zero-order valence-electron chi connectivity index (χ0n) is 12.0. The van der Waals surface area contributed by atoms with Gasteiger partial charge in [-0.25, -0.2) is 0 Å². The third-order valence-corrected chi connectivity index (χ3v) is 3.16. The van der Waals surface area contributed by atoms with Gasteiger partial charge < -0.3 is 14.8 Å². The Morgan fingerprint density at radius 3 is 2.50 bits per heavy atom. The predicted molar refractivity (Wildman–Crippen MR) is 81.3 cm³/mol. The van der Waals surface area contributed by atoms with Gasteiger partial charge in [-0.3, -0.25) is 0 Å². The topological polar surface area (TPSA) is 30.5 Å². The number of nitrogens with one attached hydrogen (secondary N) is 1. The molecule has 3 nitrogen and oxygen atoms in total. The van der Waals surface area contributed by atoms with Crippen LogP contribution in [0.4, 0.5) is 0 Å². The summed E-state index contributed by atoms with van der Waals surface area (Å²) >= 11 is 0. The average Bonchev–Trinajstić information content (AvgIpc) is 2.52. The molecular formula is C17H21NO2. The molecule has 0 unspecified atom stereocenters. The molecule has 0 radical (unpaired) electrons. The highest BCUT2D eigenvalue weighted by Crippen LogP contribution is 2.18. The van der Waals surface area contributed by atoms with Gasteiger partial charge in [-0.2, -0.15) is 0 Å². The Morgan fingerprint density at radius 1 is 1.00 bits per heavy atom. The van der Waals surface area contributed by atoms with Crippen molar-refractivity contribution in [3.63, 3.8) is 0 Å². The van der Waals surface area contributed by atoms with Crippen LogP contribution in [-0.4, -0.2) is 20.3 Å². The standard InChI is InChI=1S/C17H21NO2/c1-14(15-7-6-10-17(13-15)19-2)18-11-12-20-16-8-4-3-5-9-16/h3-10,13-14,18H,11-12H2,1-2H3/t14-/m0/s1. The van der Waals surface area contributed by atoms with Gasteiger partial charge in [0.15, 0.2) is 0 Å². The third kappa shape index (κ3) is 4.28. The Hall–Kier alpha value is -2.00. The van der Waals surface area contributed by atoms with E-state index in [0.717, 1.165) is 18.0 Å². The summed E-state index contributed by atoms with van der Waals surface area (Å²) in [7, 11) is 1.69. The molecule has 0 spiro atoms. The molecule has 106 valence electrons. The first-order valence-corrected chi connectivity index (χ1v) is 6.85. The van der Waals surface area contributed by atoms with Crippen molar-refractivity contribution in [3.8, 4) is 11.5 Å². The molecule has 20 heavy (non-hydrogen) atoms. The van der Waals surface area contributed by atoms with Crippen LogP contribution >= 0.6 is 0 Å². The van der Waals surface area contributed by atoms with Gasteiger partial charge >= 0.3 is 0 Å². The average molecular weight is 271 g/mol. The maximum Gasteiger partial charge on any atom is 0.119 e. The summed E-state index contributed by atoms with van der Waals surface area (Å²) in [6, 6.07) is 18.2. The molecule has 3 heteroatoms. The maximum absolute atomic E-state index is 5.65. The minimum atomic E-state index is 0.268. The molecule has 0 aliphatic carbocycles. The number of hydrogen-bond donors (Lipinski definition) is 1. The monoisotopic (exact) mass is 271 g/mol. The van der Waals surface area contributed by atoms with Crippen molar-refractivity contribution in [1.82, 2.24) is 5.32 Å². The van der Waals surface area contributed by atoms with E-state index in [-0.39, 0.29) is 6.04 Å². The molecule has 0 amide bonds. The molecule has 2 aromatic rings. The highest BCUT2D eigenvalue weighted by molar-refractivity contribution is 5.30. The van der Waals surface area contributed by atoms with E-state index in [1.54, 1.807) is 7.11 Å². The lowest BCUT2D eigenvalue weighted by Gasteiger charge is -2.15. The molecule has 2 rings (SSSR count). The summed E-state index contributed by atoms with van der Waals surface area (Å²) in [6.07, 6.45) is 0. The molecule has 0 bridgehead atoms. The normalized spacial score (nSPS) is 11.9. The zero-order valence-corrected chi connectivity index (χ0v) is 12.0. The van der Waals surface area contributed by atoms with Gasteiger partial charge in [0.25, 0.3) is 0 Å². The lowest BCUT2D eigenvalue weighted by atomic mass is 10.1. The first-order valence-electron chi connectivity index (χ1n) is 6.85. The smallest absolute Gasteiger partial charge is 0.119 e. The molecule has 1 N–H and O–H groups in total. The van der Waals surface area contributed by atoms with Crippen molar-refractivity contribution in [2.45, 2.75) is 13.0 Å². The van der Waals surface area contributed by atoms with E-state index in [1.807, 2.05) is 42.5 Å². The van der Waals surface area contributed by atoms with E-state index in [1.165, 1.54) is 5.56 Å². The summed E-state index contributed by atoms with van der Waals surface area (Å²) in [5.41, 5.74) is 1.21. The van der Waals surface area contributed by atoms with Crippen molar-refractivity contribution < 1.29 is 9.47 Å². The zero-order chi connectivity index (χ0) is 14.2. The maximum atomic E-state index is 5.65. The lowest BCUT2D eigenvalue weighted by Crippen LogP contribution is -2.24. The second kappa shape index (κ2) is 7.56. The quantitative estimate of drug-likeness (QED) is 0.783. The van der Waals surface area contributed by atoms with Gasteiger partial charge in [0.05, 0.1) is 7.11 Å². The Bertz CT molecular complexity index is 513.